The molecule has 0 N–H and O–H groups in total. The van der Waals surface area contributed by atoms with Crippen molar-refractivity contribution in [2.45, 2.75) is 46.6 Å². The number of rotatable bonds is 1. The molecule has 0 saturated carbocycles. The molecule has 0 amide bonds. The van der Waals surface area contributed by atoms with Crippen LogP contribution >= 0.6 is 0 Å². The van der Waals surface area contributed by atoms with E-state index >= 15 is 0 Å². The molecule has 0 aliphatic carbocycles. The highest BCUT2D eigenvalue weighted by atomic mass is 16.5. The summed E-state index contributed by atoms with van der Waals surface area (Å²) in [5.74, 6) is 0.798. The number of ether oxygens (including phenoxy) is 1. The smallest absolute Gasteiger partial charge is 0.235 e. The Kier molecular flexibility index (Phi) is 3.98. The second-order valence-electron chi connectivity index (χ2n) is 3.26. The van der Waals surface area contributed by atoms with E-state index in [0.29, 0.717) is 0 Å². The van der Waals surface area contributed by atoms with Crippen LogP contribution in [-0.2, 0) is 13.0 Å². The normalized spacial score (nSPS) is 14.0. The molecule has 2 rings (SSSR count). The first kappa shape index (κ1) is 11.1. The van der Waals surface area contributed by atoms with Gasteiger partial charge in [0.1, 0.15) is 0 Å². The van der Waals surface area contributed by atoms with Crippen molar-refractivity contribution >= 4 is 0 Å². The second-order valence-corrected chi connectivity index (χ2v) is 3.26. The molecule has 0 radical (unpaired) electrons. The van der Waals surface area contributed by atoms with E-state index in [-0.39, 0.29) is 0 Å². The summed E-state index contributed by atoms with van der Waals surface area (Å²) in [4.78, 5) is 0. The van der Waals surface area contributed by atoms with Gasteiger partial charge in [0, 0.05) is 17.8 Å². The second kappa shape index (κ2) is 5.03. The molecule has 3 nitrogen and oxygen atoms in total. The van der Waals surface area contributed by atoms with Crippen LogP contribution in [-0.4, -0.2) is 16.9 Å². The molecular weight excluding hydrogens is 176 g/mol. The van der Waals surface area contributed by atoms with Gasteiger partial charge in [-0.2, -0.15) is 0 Å². The Morgan fingerprint density at radius 2 is 2.00 bits per heavy atom. The van der Waals surface area contributed by atoms with Crippen molar-refractivity contribution in [3.8, 4) is 5.88 Å². The molecule has 1 aromatic rings. The van der Waals surface area contributed by atoms with Crippen LogP contribution in [0.15, 0.2) is 0 Å². The fourth-order valence-electron chi connectivity index (χ4n) is 1.81. The largest absolute Gasteiger partial charge is 0.480 e. The summed E-state index contributed by atoms with van der Waals surface area (Å²) in [7, 11) is 1.68. The number of aromatic nitrogens is 2. The van der Waals surface area contributed by atoms with Crippen molar-refractivity contribution in [1.82, 2.24) is 9.78 Å². The maximum atomic E-state index is 5.17. The van der Waals surface area contributed by atoms with E-state index in [9.17, 15) is 0 Å². The van der Waals surface area contributed by atoms with Crippen LogP contribution in [0.5, 0.6) is 5.88 Å². The lowest BCUT2D eigenvalue weighted by atomic mass is 10.1. The topological polar surface area (TPSA) is 27.1 Å². The van der Waals surface area contributed by atoms with E-state index in [2.05, 4.69) is 16.7 Å². The summed E-state index contributed by atoms with van der Waals surface area (Å²) in [6.07, 6.45) is 3.69. The van der Waals surface area contributed by atoms with Gasteiger partial charge in [-0.1, -0.05) is 13.8 Å². The van der Waals surface area contributed by atoms with Crippen LogP contribution in [0.1, 0.15) is 37.9 Å². The lowest BCUT2D eigenvalue weighted by Crippen LogP contribution is -2.11. The van der Waals surface area contributed by atoms with E-state index in [1.165, 1.54) is 24.1 Å². The molecule has 1 aromatic heterocycles. The van der Waals surface area contributed by atoms with Crippen molar-refractivity contribution in [1.29, 1.82) is 0 Å². The van der Waals surface area contributed by atoms with E-state index in [1.807, 2.05) is 13.8 Å². The van der Waals surface area contributed by atoms with Gasteiger partial charge in [0.15, 0.2) is 0 Å². The van der Waals surface area contributed by atoms with Crippen molar-refractivity contribution in [2.24, 2.45) is 0 Å². The maximum Gasteiger partial charge on any atom is 0.235 e. The van der Waals surface area contributed by atoms with Crippen LogP contribution in [0.2, 0.25) is 0 Å². The average molecular weight is 196 g/mol. The van der Waals surface area contributed by atoms with Crippen molar-refractivity contribution in [2.75, 3.05) is 7.11 Å². The Hall–Kier alpha value is -0.990. The first-order valence-corrected chi connectivity index (χ1v) is 5.43. The minimum atomic E-state index is 0.798. The lowest BCUT2D eigenvalue weighted by molar-refractivity contribution is 0.382. The number of nitrogens with zero attached hydrogens (tertiary/aromatic N) is 2. The third-order valence-electron chi connectivity index (χ3n) is 2.50. The summed E-state index contributed by atoms with van der Waals surface area (Å²) >= 11 is 0. The van der Waals surface area contributed by atoms with Crippen molar-refractivity contribution < 1.29 is 4.74 Å². The average Bonchev–Trinajstić information content (AvgIpc) is 2.59. The number of methoxy groups -OCH3 is 1. The van der Waals surface area contributed by atoms with Gasteiger partial charge in [0.05, 0.1) is 7.11 Å². The third-order valence-corrected chi connectivity index (χ3v) is 2.50. The lowest BCUT2D eigenvalue weighted by Gasteiger charge is -2.12. The molecule has 0 unspecified atom stereocenters. The third kappa shape index (κ3) is 1.91. The zero-order chi connectivity index (χ0) is 10.6. The van der Waals surface area contributed by atoms with E-state index < -0.39 is 0 Å². The Balaban J connectivity index is 0.000000461. The number of aryl methyl sites for hydroxylation is 1. The first-order chi connectivity index (χ1) is 6.83. The predicted octanol–water partition coefficient (Wildman–Crippen LogP) is 2.56. The van der Waals surface area contributed by atoms with E-state index in [4.69, 9.17) is 4.74 Å². The summed E-state index contributed by atoms with van der Waals surface area (Å²) in [5.41, 5.74) is 2.58. The molecule has 1 aliphatic heterocycles. The Morgan fingerprint density at radius 1 is 1.29 bits per heavy atom. The summed E-state index contributed by atoms with van der Waals surface area (Å²) < 4.78 is 7.25. The summed E-state index contributed by atoms with van der Waals surface area (Å²) in [6.45, 7) is 7.14. The molecule has 0 atom stereocenters. The van der Waals surface area contributed by atoms with Crippen molar-refractivity contribution in [3.63, 3.8) is 0 Å². The zero-order valence-corrected chi connectivity index (χ0v) is 9.63. The highest BCUT2D eigenvalue weighted by molar-refractivity contribution is 5.30. The number of hydrogen-bond acceptors (Lipinski definition) is 2. The molecule has 0 saturated heterocycles. The zero-order valence-electron chi connectivity index (χ0n) is 9.63. The fourth-order valence-corrected chi connectivity index (χ4v) is 1.81. The summed E-state index contributed by atoms with van der Waals surface area (Å²) in [5, 5.41) is 4.36. The minimum absolute atomic E-state index is 0.798. The van der Waals surface area contributed by atoms with Crippen LogP contribution in [0, 0.1) is 6.92 Å². The van der Waals surface area contributed by atoms with Gasteiger partial charge in [-0.3, -0.25) is 4.68 Å². The van der Waals surface area contributed by atoms with Gasteiger partial charge < -0.3 is 4.74 Å². The molecule has 14 heavy (non-hydrogen) atoms. The maximum absolute atomic E-state index is 5.17. The molecule has 80 valence electrons. The molecule has 3 heteroatoms. The quantitative estimate of drug-likeness (QED) is 0.690. The predicted molar refractivity (Wildman–Crippen MR) is 57.8 cm³/mol. The summed E-state index contributed by atoms with van der Waals surface area (Å²) in [6, 6.07) is 0. The molecule has 2 heterocycles. The number of hydrogen-bond donors (Lipinski definition) is 0. The fraction of sp³-hybridized carbons (Fsp3) is 0.727. The van der Waals surface area contributed by atoms with Gasteiger partial charge >= 0.3 is 0 Å². The number of fused-ring (bicyclic) bond motifs is 1. The molecule has 0 spiro atoms. The molecule has 1 aliphatic rings. The van der Waals surface area contributed by atoms with E-state index in [0.717, 1.165) is 18.8 Å². The Bertz CT molecular complexity index is 292. The van der Waals surface area contributed by atoms with Crippen LogP contribution < -0.4 is 4.74 Å². The Labute approximate surface area is 86.1 Å². The SMILES string of the molecule is CC.COc1nn2c(c1C)CCCC2. The molecule has 0 fully saturated rings. The monoisotopic (exact) mass is 196 g/mol. The highest BCUT2D eigenvalue weighted by Gasteiger charge is 2.16. The minimum Gasteiger partial charge on any atom is -0.480 e. The molecule has 0 aromatic carbocycles. The first-order valence-electron chi connectivity index (χ1n) is 5.43. The van der Waals surface area contributed by atoms with Gasteiger partial charge in [0.25, 0.3) is 0 Å². The molecule has 0 bridgehead atoms. The highest BCUT2D eigenvalue weighted by Crippen LogP contribution is 2.24. The van der Waals surface area contributed by atoms with Gasteiger partial charge in [-0.15, -0.1) is 5.10 Å². The van der Waals surface area contributed by atoms with Gasteiger partial charge in [-0.05, 0) is 26.2 Å². The van der Waals surface area contributed by atoms with Crippen molar-refractivity contribution in [3.05, 3.63) is 11.3 Å². The standard InChI is InChI=1S/C9H14N2O.C2H6/c1-7-8-5-3-4-6-11(8)10-9(7)12-2;1-2/h3-6H2,1-2H3;1-2H3. The van der Waals surface area contributed by atoms with Crippen LogP contribution in [0.3, 0.4) is 0 Å². The van der Waals surface area contributed by atoms with Gasteiger partial charge in [-0.25, -0.2) is 0 Å². The Morgan fingerprint density at radius 3 is 2.57 bits per heavy atom. The molecular formula is C11H20N2O. The van der Waals surface area contributed by atoms with Gasteiger partial charge in [0.2, 0.25) is 5.88 Å². The van der Waals surface area contributed by atoms with Crippen LogP contribution in [0.25, 0.3) is 0 Å². The van der Waals surface area contributed by atoms with Crippen LogP contribution in [0.4, 0.5) is 0 Å². The van der Waals surface area contributed by atoms with E-state index in [1.54, 1.807) is 7.11 Å².